The Morgan fingerprint density at radius 1 is 1.83 bits per heavy atom. The topological polar surface area (TPSA) is 12.9 Å². The van der Waals surface area contributed by atoms with Crippen molar-refractivity contribution in [1.82, 2.24) is 4.98 Å². The molecule has 0 amide bonds. The number of rotatable bonds is 0. The molecule has 0 aliphatic carbocycles. The molecule has 32 valence electrons. The van der Waals surface area contributed by atoms with E-state index in [0.717, 1.165) is 0 Å². The van der Waals surface area contributed by atoms with Gasteiger partial charge in [-0.2, -0.15) is 0 Å². The van der Waals surface area contributed by atoms with E-state index in [1.54, 1.807) is 11.3 Å². The summed E-state index contributed by atoms with van der Waals surface area (Å²) in [4.78, 5) is 4.03. The van der Waals surface area contributed by atoms with Gasteiger partial charge in [0.1, 0.15) is 0 Å². The number of hydrogen-bond donors (Lipinski definition) is 0. The van der Waals surface area contributed by atoms with Crippen LogP contribution in [0.3, 0.4) is 0 Å². The van der Waals surface area contributed by atoms with Crippen molar-refractivity contribution in [3.8, 4) is 0 Å². The standard InChI is InChI=1S/C3H2NS.Sn.3H/c1-2-5-3-4-1;;;;/h2-3H;;;;. The quantitative estimate of drug-likeness (QED) is 0.503. The van der Waals surface area contributed by atoms with Gasteiger partial charge in [0.25, 0.3) is 0 Å². The van der Waals surface area contributed by atoms with Gasteiger partial charge in [0, 0.05) is 0 Å². The number of aromatic nitrogens is 1. The van der Waals surface area contributed by atoms with Gasteiger partial charge in [0.05, 0.1) is 0 Å². The molecule has 0 saturated heterocycles. The van der Waals surface area contributed by atoms with E-state index in [0.29, 0.717) is 22.5 Å². The maximum absolute atomic E-state index is 4.03. The first-order chi connectivity index (χ1) is 2.89. The van der Waals surface area contributed by atoms with E-state index in [-0.39, 0.29) is 0 Å². The van der Waals surface area contributed by atoms with Gasteiger partial charge in [-0.25, -0.2) is 0 Å². The molecule has 1 heterocycles. The Kier molecular flexibility index (Phi) is 1.47. The summed E-state index contributed by atoms with van der Waals surface area (Å²) in [7, 11) is 0. The van der Waals surface area contributed by atoms with Gasteiger partial charge in [-0.3, -0.25) is 0 Å². The minimum absolute atomic E-state index is 0.641. The average Bonchev–Trinajstić information content (AvgIpc) is 1.86. The van der Waals surface area contributed by atoms with E-state index < -0.39 is 0 Å². The van der Waals surface area contributed by atoms with Crippen molar-refractivity contribution in [2.24, 2.45) is 0 Å². The van der Waals surface area contributed by atoms with Crippen LogP contribution in [0.5, 0.6) is 0 Å². The molecule has 1 aromatic heterocycles. The van der Waals surface area contributed by atoms with Crippen molar-refractivity contribution in [2.45, 2.75) is 0 Å². The van der Waals surface area contributed by atoms with E-state index in [1.165, 1.54) is 3.71 Å². The van der Waals surface area contributed by atoms with E-state index in [1.807, 2.05) is 5.51 Å². The van der Waals surface area contributed by atoms with Crippen LogP contribution in [-0.4, -0.2) is 27.5 Å². The SMILES string of the molecule is [SnH3][c]1cscn1. The fourth-order valence-electron chi connectivity index (χ4n) is 0.273. The molecule has 0 saturated carbocycles. The first-order valence-electron chi connectivity index (χ1n) is 1.74. The molecule has 0 aliphatic heterocycles. The molecule has 0 bridgehead atoms. The summed E-state index contributed by atoms with van der Waals surface area (Å²) in [6, 6.07) is 0. The number of hydrogen-bond acceptors (Lipinski definition) is 2. The van der Waals surface area contributed by atoms with Crippen LogP contribution >= 0.6 is 11.3 Å². The van der Waals surface area contributed by atoms with Gasteiger partial charge in [0.2, 0.25) is 0 Å². The van der Waals surface area contributed by atoms with Crippen molar-refractivity contribution in [2.75, 3.05) is 0 Å². The number of thiazole rings is 1. The minimum atomic E-state index is 0.641. The van der Waals surface area contributed by atoms with Gasteiger partial charge in [-0.1, -0.05) is 0 Å². The molecule has 0 aliphatic rings. The molecule has 3 heteroatoms. The molecule has 0 aromatic carbocycles. The molecule has 0 fully saturated rings. The summed E-state index contributed by atoms with van der Waals surface area (Å²) < 4.78 is 1.32. The molecule has 0 spiro atoms. The summed E-state index contributed by atoms with van der Waals surface area (Å²) in [6.45, 7) is 0. The molecule has 6 heavy (non-hydrogen) atoms. The third-order valence-corrected chi connectivity index (χ3v) is 4.02. The van der Waals surface area contributed by atoms with Crippen molar-refractivity contribution < 1.29 is 0 Å². The summed E-state index contributed by atoms with van der Waals surface area (Å²) in [5.74, 6) is 0. The Labute approximate surface area is 53.5 Å². The molecule has 0 N–H and O–H groups in total. The first-order valence-corrected chi connectivity index (χ1v) is 5.54. The molecule has 0 radical (unpaired) electrons. The van der Waals surface area contributed by atoms with Crippen LogP contribution in [0.4, 0.5) is 0 Å². The zero-order valence-corrected chi connectivity index (χ0v) is 10.0. The van der Waals surface area contributed by atoms with Gasteiger partial charge >= 0.3 is 53.4 Å². The second kappa shape index (κ2) is 1.93. The summed E-state index contributed by atoms with van der Waals surface area (Å²) in [6.07, 6.45) is 0. The zero-order chi connectivity index (χ0) is 4.41. The van der Waals surface area contributed by atoms with Gasteiger partial charge < -0.3 is 0 Å². The Hall–Kier alpha value is 0.429. The fraction of sp³-hybridized carbons (Fsp3) is 0. The van der Waals surface area contributed by atoms with E-state index in [2.05, 4.69) is 10.4 Å². The van der Waals surface area contributed by atoms with Crippen LogP contribution in [0.2, 0.25) is 0 Å². The molecule has 0 atom stereocenters. The average molecular weight is 206 g/mol. The van der Waals surface area contributed by atoms with Crippen LogP contribution in [0.25, 0.3) is 0 Å². The van der Waals surface area contributed by atoms with Gasteiger partial charge in [-0.05, 0) is 0 Å². The Balaban J connectivity index is 3.05. The Morgan fingerprint density at radius 3 is 2.83 bits per heavy atom. The third-order valence-electron chi connectivity index (χ3n) is 0.556. The predicted molar refractivity (Wildman–Crippen MR) is 31.7 cm³/mol. The molecule has 1 rings (SSSR count). The second-order valence-corrected chi connectivity index (χ2v) is 4.77. The van der Waals surface area contributed by atoms with E-state index >= 15 is 0 Å². The normalized spacial score (nSPS) is 9.33. The third kappa shape index (κ3) is 0.943. The van der Waals surface area contributed by atoms with Crippen LogP contribution in [-0.2, 0) is 0 Å². The first kappa shape index (κ1) is 4.58. The molecule has 1 aromatic rings. The van der Waals surface area contributed by atoms with Crippen molar-refractivity contribution in [3.05, 3.63) is 10.9 Å². The Morgan fingerprint density at radius 2 is 2.67 bits per heavy atom. The molecule has 0 unspecified atom stereocenters. The van der Waals surface area contributed by atoms with Crippen molar-refractivity contribution in [1.29, 1.82) is 0 Å². The maximum atomic E-state index is 4.03. The zero-order valence-electron chi connectivity index (χ0n) is 3.51. The van der Waals surface area contributed by atoms with Gasteiger partial charge in [-0.15, -0.1) is 0 Å². The van der Waals surface area contributed by atoms with Crippen LogP contribution in [0.1, 0.15) is 0 Å². The molecular formula is C3H5NSSn. The van der Waals surface area contributed by atoms with Crippen LogP contribution in [0.15, 0.2) is 10.9 Å². The summed E-state index contributed by atoms with van der Waals surface area (Å²) >= 11 is 2.32. The monoisotopic (exact) mass is 207 g/mol. The predicted octanol–water partition coefficient (Wildman–Crippen LogP) is -0.866. The summed E-state index contributed by atoms with van der Waals surface area (Å²) in [5.41, 5.74) is 1.88. The molecular weight excluding hydrogens is 201 g/mol. The second-order valence-electron chi connectivity index (χ2n) is 1.13. The molecule has 1 nitrogen and oxygen atoms in total. The van der Waals surface area contributed by atoms with Crippen molar-refractivity contribution in [3.63, 3.8) is 0 Å². The Bertz CT molecular complexity index is 114. The summed E-state index contributed by atoms with van der Waals surface area (Å²) in [5, 5.41) is 2.11. The van der Waals surface area contributed by atoms with E-state index in [9.17, 15) is 0 Å². The fourth-order valence-corrected chi connectivity index (χ4v) is 2.89. The van der Waals surface area contributed by atoms with Crippen LogP contribution in [0, 0.1) is 0 Å². The van der Waals surface area contributed by atoms with Crippen LogP contribution < -0.4 is 3.71 Å². The van der Waals surface area contributed by atoms with E-state index in [4.69, 9.17) is 0 Å². The number of nitrogens with zero attached hydrogens (tertiary/aromatic N) is 1. The van der Waals surface area contributed by atoms with Gasteiger partial charge in [0.15, 0.2) is 0 Å². The van der Waals surface area contributed by atoms with Crippen molar-refractivity contribution >= 4 is 37.6 Å².